The first kappa shape index (κ1) is 36.9. The molecular weight excluding hydrogens is 534 g/mol. The maximum absolute atomic E-state index is 14.3. The van der Waals surface area contributed by atoms with E-state index in [0.717, 1.165) is 37.7 Å². The van der Waals surface area contributed by atoms with Crippen LogP contribution < -0.4 is 10.6 Å². The smallest absolute Gasteiger partial charge is 0.408 e. The summed E-state index contributed by atoms with van der Waals surface area (Å²) in [6.45, 7) is 15.8. The van der Waals surface area contributed by atoms with Crippen molar-refractivity contribution in [2.45, 2.75) is 124 Å². The van der Waals surface area contributed by atoms with Crippen molar-refractivity contribution < 1.29 is 28.7 Å². The lowest BCUT2D eigenvalue weighted by Crippen LogP contribution is -2.53. The number of hydrogen-bond donors (Lipinski definition) is 2. The van der Waals surface area contributed by atoms with Crippen LogP contribution in [0, 0.1) is 12.8 Å². The number of unbranched alkanes of at least 4 members (excludes halogenated alkanes) is 5. The van der Waals surface area contributed by atoms with Gasteiger partial charge in [0.05, 0.1) is 13.0 Å². The Labute approximate surface area is 253 Å². The van der Waals surface area contributed by atoms with E-state index in [4.69, 9.17) is 9.47 Å². The van der Waals surface area contributed by atoms with Gasteiger partial charge in [-0.2, -0.15) is 0 Å². The van der Waals surface area contributed by atoms with Gasteiger partial charge < -0.3 is 25.0 Å². The van der Waals surface area contributed by atoms with E-state index in [1.165, 1.54) is 0 Å². The Morgan fingerprint density at radius 1 is 0.976 bits per heavy atom. The highest BCUT2D eigenvalue weighted by Crippen LogP contribution is 2.26. The fraction of sp³-hybridized carbons (Fsp3) is 0.697. The molecule has 0 saturated heterocycles. The lowest BCUT2D eigenvalue weighted by molar-refractivity contribution is -0.144. The molecule has 42 heavy (non-hydrogen) atoms. The van der Waals surface area contributed by atoms with Crippen molar-refractivity contribution >= 4 is 23.9 Å². The van der Waals surface area contributed by atoms with E-state index in [1.807, 2.05) is 45.0 Å². The lowest BCUT2D eigenvalue weighted by Gasteiger charge is -2.35. The third-order valence-corrected chi connectivity index (χ3v) is 6.58. The van der Waals surface area contributed by atoms with E-state index in [-0.39, 0.29) is 37.3 Å². The van der Waals surface area contributed by atoms with Crippen LogP contribution in [-0.2, 0) is 23.9 Å². The van der Waals surface area contributed by atoms with Crippen molar-refractivity contribution in [3.05, 3.63) is 35.4 Å². The first-order valence-corrected chi connectivity index (χ1v) is 15.6. The third kappa shape index (κ3) is 14.7. The quantitative estimate of drug-likeness (QED) is 0.155. The molecule has 9 heteroatoms. The number of aryl methyl sites for hydroxylation is 1. The van der Waals surface area contributed by atoms with Gasteiger partial charge in [-0.1, -0.05) is 82.7 Å². The Morgan fingerprint density at radius 3 is 2.24 bits per heavy atom. The Morgan fingerprint density at radius 2 is 1.64 bits per heavy atom. The van der Waals surface area contributed by atoms with Gasteiger partial charge in [-0.3, -0.25) is 14.4 Å². The van der Waals surface area contributed by atoms with Gasteiger partial charge in [-0.05, 0) is 58.9 Å². The molecular formula is C33H55N3O6. The number of nitrogens with one attached hydrogen (secondary N) is 2. The normalized spacial score (nSPS) is 12.8. The Balaban J connectivity index is 3.42. The van der Waals surface area contributed by atoms with Crippen LogP contribution in [-0.4, -0.2) is 60.1 Å². The third-order valence-electron chi connectivity index (χ3n) is 6.58. The Kier molecular flexibility index (Phi) is 16.8. The second-order valence-electron chi connectivity index (χ2n) is 12.3. The molecule has 0 heterocycles. The summed E-state index contributed by atoms with van der Waals surface area (Å²) in [6, 6.07) is 5.72. The van der Waals surface area contributed by atoms with E-state index in [2.05, 4.69) is 17.6 Å². The lowest BCUT2D eigenvalue weighted by atomic mass is 9.97. The summed E-state index contributed by atoms with van der Waals surface area (Å²) >= 11 is 0. The van der Waals surface area contributed by atoms with E-state index in [9.17, 15) is 19.2 Å². The molecule has 0 aliphatic rings. The van der Waals surface area contributed by atoms with Gasteiger partial charge in [0, 0.05) is 13.1 Å². The molecule has 0 saturated carbocycles. The molecule has 3 amide bonds. The molecule has 0 aliphatic heterocycles. The Hall–Kier alpha value is -3.10. The fourth-order valence-electron chi connectivity index (χ4n) is 4.70. The topological polar surface area (TPSA) is 114 Å². The number of alkyl carbamates (subject to hydrolysis) is 1. The molecule has 1 aromatic rings. The van der Waals surface area contributed by atoms with Gasteiger partial charge in [0.1, 0.15) is 17.7 Å². The van der Waals surface area contributed by atoms with E-state index < -0.39 is 29.7 Å². The molecule has 0 aromatic heterocycles. The average Bonchev–Trinajstić information content (AvgIpc) is 2.88. The number of hydrogen-bond acceptors (Lipinski definition) is 6. The van der Waals surface area contributed by atoms with Gasteiger partial charge in [0.2, 0.25) is 11.8 Å². The van der Waals surface area contributed by atoms with E-state index in [0.29, 0.717) is 24.9 Å². The van der Waals surface area contributed by atoms with E-state index in [1.54, 1.807) is 32.6 Å². The summed E-state index contributed by atoms with van der Waals surface area (Å²) in [5, 5.41) is 5.64. The first-order chi connectivity index (χ1) is 19.8. The number of rotatable bonds is 18. The zero-order valence-electron chi connectivity index (χ0n) is 27.2. The van der Waals surface area contributed by atoms with Gasteiger partial charge in [-0.25, -0.2) is 4.79 Å². The zero-order valence-corrected chi connectivity index (χ0v) is 27.2. The second-order valence-corrected chi connectivity index (χ2v) is 12.3. The minimum Gasteiger partial charge on any atom is -0.466 e. The number of esters is 1. The molecule has 1 rings (SSSR count). The number of carbonyl (C=O) groups excluding carboxylic acids is 4. The summed E-state index contributed by atoms with van der Waals surface area (Å²) in [6.07, 6.45) is 5.84. The van der Waals surface area contributed by atoms with Crippen LogP contribution in [0.4, 0.5) is 4.79 Å². The summed E-state index contributed by atoms with van der Waals surface area (Å²) < 4.78 is 10.5. The minimum absolute atomic E-state index is 0.0294. The molecule has 1 aromatic carbocycles. The van der Waals surface area contributed by atoms with Gasteiger partial charge in [0.25, 0.3) is 0 Å². The van der Waals surface area contributed by atoms with Gasteiger partial charge in [-0.15, -0.1) is 0 Å². The summed E-state index contributed by atoms with van der Waals surface area (Å²) in [4.78, 5) is 54.4. The van der Waals surface area contributed by atoms with Crippen LogP contribution in [0.15, 0.2) is 24.3 Å². The van der Waals surface area contributed by atoms with Crippen molar-refractivity contribution in [2.75, 3.05) is 19.7 Å². The number of carbonyl (C=O) groups is 4. The SMILES string of the molecule is CCCCCCCCN(C(=O)C(CC(C)C)NC(=O)OC(C)(C)C)C(C(=O)NCCC(=O)OCC)c1cccc(C)c1. The molecule has 0 radical (unpaired) electrons. The standard InChI is InChI=1S/C33H55N3O6/c1-9-11-12-13-14-15-21-36(31(39)27(22-24(3)4)35-32(40)42-33(6,7)8)29(26-18-16-17-25(5)23-26)30(38)34-20-19-28(37)41-10-2/h16-18,23-24,27,29H,9-15,19-22H2,1-8H3,(H,34,38)(H,35,40). The predicted octanol–water partition coefficient (Wildman–Crippen LogP) is 6.23. The highest BCUT2D eigenvalue weighted by Gasteiger charge is 2.36. The maximum Gasteiger partial charge on any atom is 0.408 e. The van der Waals surface area contributed by atoms with Crippen molar-refractivity contribution in [2.24, 2.45) is 5.92 Å². The van der Waals surface area contributed by atoms with Crippen LogP contribution in [0.3, 0.4) is 0 Å². The summed E-state index contributed by atoms with van der Waals surface area (Å²) in [7, 11) is 0. The van der Waals surface area contributed by atoms with Crippen LogP contribution >= 0.6 is 0 Å². The summed E-state index contributed by atoms with van der Waals surface area (Å²) in [5.74, 6) is -1.02. The number of ether oxygens (including phenoxy) is 2. The molecule has 2 atom stereocenters. The largest absolute Gasteiger partial charge is 0.466 e. The van der Waals surface area contributed by atoms with Crippen LogP contribution in [0.2, 0.25) is 0 Å². The first-order valence-electron chi connectivity index (χ1n) is 15.6. The molecule has 0 bridgehead atoms. The monoisotopic (exact) mass is 589 g/mol. The van der Waals surface area contributed by atoms with Crippen LogP contribution in [0.5, 0.6) is 0 Å². The maximum atomic E-state index is 14.3. The van der Waals surface area contributed by atoms with Gasteiger partial charge >= 0.3 is 12.1 Å². The van der Waals surface area contributed by atoms with Crippen molar-refractivity contribution in [1.82, 2.24) is 15.5 Å². The molecule has 2 N–H and O–H groups in total. The highest BCUT2D eigenvalue weighted by molar-refractivity contribution is 5.92. The van der Waals surface area contributed by atoms with Crippen LogP contribution in [0.25, 0.3) is 0 Å². The predicted molar refractivity (Wildman–Crippen MR) is 166 cm³/mol. The van der Waals surface area contributed by atoms with Crippen molar-refractivity contribution in [3.63, 3.8) is 0 Å². The Bertz CT molecular complexity index is 988. The molecule has 2 unspecified atom stereocenters. The number of benzene rings is 1. The molecule has 0 spiro atoms. The molecule has 9 nitrogen and oxygen atoms in total. The molecule has 238 valence electrons. The highest BCUT2D eigenvalue weighted by atomic mass is 16.6. The fourth-order valence-corrected chi connectivity index (χ4v) is 4.70. The van der Waals surface area contributed by atoms with Crippen molar-refractivity contribution in [3.8, 4) is 0 Å². The number of amides is 3. The zero-order chi connectivity index (χ0) is 31.7. The summed E-state index contributed by atoms with van der Waals surface area (Å²) in [5.41, 5.74) is 0.897. The van der Waals surface area contributed by atoms with Gasteiger partial charge in [0.15, 0.2) is 0 Å². The second kappa shape index (κ2) is 19.2. The molecule has 0 fully saturated rings. The minimum atomic E-state index is -0.940. The average molecular weight is 590 g/mol. The number of nitrogens with zero attached hydrogens (tertiary/aromatic N) is 1. The van der Waals surface area contributed by atoms with Crippen molar-refractivity contribution in [1.29, 1.82) is 0 Å². The molecule has 0 aliphatic carbocycles. The van der Waals surface area contributed by atoms with E-state index >= 15 is 0 Å². The van der Waals surface area contributed by atoms with Crippen LogP contribution in [0.1, 0.15) is 117 Å².